The van der Waals surface area contributed by atoms with Crippen LogP contribution in [-0.4, -0.2) is 36.3 Å². The Morgan fingerprint density at radius 2 is 2.28 bits per heavy atom. The third kappa shape index (κ3) is 3.92. The summed E-state index contributed by atoms with van der Waals surface area (Å²) in [5, 5.41) is 2.67. The topological polar surface area (TPSA) is 94.3 Å². The normalized spacial score (nSPS) is 9.89. The fourth-order valence-electron chi connectivity index (χ4n) is 1.23. The number of nitrogens with one attached hydrogen (secondary N) is 1. The highest BCUT2D eigenvalue weighted by molar-refractivity contribution is 8.00. The van der Waals surface area contributed by atoms with E-state index in [0.29, 0.717) is 17.0 Å². The molecule has 0 saturated heterocycles. The lowest BCUT2D eigenvalue weighted by atomic mass is 10.2. The van der Waals surface area contributed by atoms with Crippen LogP contribution in [0.1, 0.15) is 17.3 Å². The molecule has 98 valence electrons. The monoisotopic (exact) mass is 269 g/mol. The lowest BCUT2D eigenvalue weighted by molar-refractivity contribution is -0.118. The van der Waals surface area contributed by atoms with E-state index in [0.717, 1.165) is 0 Å². The number of rotatable bonds is 5. The van der Waals surface area contributed by atoms with Crippen LogP contribution in [0.4, 0.5) is 5.82 Å². The van der Waals surface area contributed by atoms with Gasteiger partial charge in [0.15, 0.2) is 0 Å². The minimum Gasteiger partial charge on any atom is -0.465 e. The van der Waals surface area contributed by atoms with E-state index in [4.69, 9.17) is 5.73 Å². The van der Waals surface area contributed by atoms with Crippen LogP contribution in [0, 0.1) is 0 Å². The Bertz CT molecular complexity index is 451. The third-order valence-electron chi connectivity index (χ3n) is 2.03. The van der Waals surface area contributed by atoms with E-state index in [1.54, 1.807) is 0 Å². The molecule has 7 heteroatoms. The largest absolute Gasteiger partial charge is 0.465 e. The molecule has 1 rings (SSSR count). The van der Waals surface area contributed by atoms with Crippen molar-refractivity contribution in [2.75, 3.05) is 25.1 Å². The van der Waals surface area contributed by atoms with Crippen molar-refractivity contribution < 1.29 is 14.3 Å². The summed E-state index contributed by atoms with van der Waals surface area (Å²) in [6.07, 6.45) is 1.46. The second-order valence-corrected chi connectivity index (χ2v) is 4.36. The summed E-state index contributed by atoms with van der Waals surface area (Å²) in [6, 6.07) is 1.44. The molecule has 0 fully saturated rings. The van der Waals surface area contributed by atoms with E-state index in [1.165, 1.54) is 31.1 Å². The van der Waals surface area contributed by atoms with Crippen molar-refractivity contribution in [1.29, 1.82) is 0 Å². The highest BCUT2D eigenvalue weighted by Gasteiger charge is 2.14. The Kier molecular flexibility index (Phi) is 5.44. The predicted octanol–water partition coefficient (Wildman–Crippen LogP) is 0.679. The highest BCUT2D eigenvalue weighted by atomic mass is 32.2. The zero-order chi connectivity index (χ0) is 13.5. The molecular formula is C11H15N3O3S. The zero-order valence-corrected chi connectivity index (χ0v) is 11.0. The van der Waals surface area contributed by atoms with Gasteiger partial charge in [0.2, 0.25) is 5.91 Å². The van der Waals surface area contributed by atoms with E-state index in [2.05, 4.69) is 15.0 Å². The number of amides is 1. The fourth-order valence-corrected chi connectivity index (χ4v) is 2.05. The van der Waals surface area contributed by atoms with Crippen molar-refractivity contribution in [1.82, 2.24) is 10.3 Å². The lowest BCUT2D eigenvalue weighted by Gasteiger charge is -2.07. The molecule has 0 aliphatic carbocycles. The second-order valence-electron chi connectivity index (χ2n) is 3.34. The first kappa shape index (κ1) is 14.3. The van der Waals surface area contributed by atoms with Crippen LogP contribution in [0.2, 0.25) is 0 Å². The molecule has 0 bridgehead atoms. The lowest BCUT2D eigenvalue weighted by Crippen LogP contribution is -2.24. The van der Waals surface area contributed by atoms with Gasteiger partial charge in [0, 0.05) is 17.6 Å². The Balaban J connectivity index is 2.81. The van der Waals surface area contributed by atoms with Crippen LogP contribution in [0.5, 0.6) is 0 Å². The van der Waals surface area contributed by atoms with Crippen LogP contribution in [-0.2, 0) is 9.53 Å². The number of thioether (sulfide) groups is 1. The number of methoxy groups -OCH3 is 1. The predicted molar refractivity (Wildman–Crippen MR) is 69.4 cm³/mol. The smallest absolute Gasteiger partial charge is 0.339 e. The van der Waals surface area contributed by atoms with Crippen LogP contribution in [0.25, 0.3) is 0 Å². The first-order valence-corrected chi connectivity index (χ1v) is 6.30. The maximum atomic E-state index is 11.5. The first-order chi connectivity index (χ1) is 8.58. The maximum Gasteiger partial charge on any atom is 0.339 e. The number of pyridine rings is 1. The Morgan fingerprint density at radius 1 is 1.56 bits per heavy atom. The number of carbonyl (C=O) groups is 2. The molecule has 0 spiro atoms. The number of nitrogens with two attached hydrogens (primary N) is 1. The number of esters is 1. The van der Waals surface area contributed by atoms with Gasteiger partial charge < -0.3 is 15.8 Å². The number of nitrogens with zero attached hydrogens (tertiary/aromatic N) is 1. The first-order valence-electron chi connectivity index (χ1n) is 5.31. The van der Waals surface area contributed by atoms with E-state index in [1.807, 2.05) is 6.92 Å². The molecule has 1 aromatic rings. The van der Waals surface area contributed by atoms with Crippen molar-refractivity contribution in [2.24, 2.45) is 0 Å². The molecule has 6 nitrogen and oxygen atoms in total. The van der Waals surface area contributed by atoms with Crippen molar-refractivity contribution in [3.8, 4) is 0 Å². The average molecular weight is 269 g/mol. The van der Waals surface area contributed by atoms with Gasteiger partial charge in [-0.25, -0.2) is 9.78 Å². The fraction of sp³-hybridized carbons (Fsp3) is 0.364. The minimum atomic E-state index is -0.498. The van der Waals surface area contributed by atoms with Gasteiger partial charge in [-0.1, -0.05) is 0 Å². The molecule has 0 unspecified atom stereocenters. The van der Waals surface area contributed by atoms with Crippen molar-refractivity contribution in [3.05, 3.63) is 17.8 Å². The average Bonchev–Trinajstić information content (AvgIpc) is 2.36. The molecule has 0 atom stereocenters. The highest BCUT2D eigenvalue weighted by Crippen LogP contribution is 2.23. The molecule has 18 heavy (non-hydrogen) atoms. The number of anilines is 1. The molecular weight excluding hydrogens is 254 g/mol. The molecule has 0 saturated carbocycles. The SMILES string of the molecule is CCNC(=O)CSc1cnc(N)cc1C(=O)OC. The Hall–Kier alpha value is -1.76. The zero-order valence-electron chi connectivity index (χ0n) is 10.2. The molecule has 1 heterocycles. The van der Waals surface area contributed by atoms with Gasteiger partial charge >= 0.3 is 5.97 Å². The van der Waals surface area contributed by atoms with Gasteiger partial charge in [0.05, 0.1) is 18.4 Å². The van der Waals surface area contributed by atoms with E-state index in [-0.39, 0.29) is 17.5 Å². The van der Waals surface area contributed by atoms with Crippen LogP contribution in [0.3, 0.4) is 0 Å². The van der Waals surface area contributed by atoms with Crippen LogP contribution >= 0.6 is 11.8 Å². The van der Waals surface area contributed by atoms with E-state index >= 15 is 0 Å². The molecule has 0 radical (unpaired) electrons. The van der Waals surface area contributed by atoms with E-state index < -0.39 is 5.97 Å². The molecule has 3 N–H and O–H groups in total. The number of aromatic nitrogens is 1. The van der Waals surface area contributed by atoms with Crippen molar-refractivity contribution in [2.45, 2.75) is 11.8 Å². The number of hydrogen-bond donors (Lipinski definition) is 2. The minimum absolute atomic E-state index is 0.102. The van der Waals surface area contributed by atoms with Gasteiger partial charge in [0.25, 0.3) is 0 Å². The summed E-state index contributed by atoms with van der Waals surface area (Å²) < 4.78 is 4.65. The Morgan fingerprint density at radius 3 is 2.89 bits per heavy atom. The van der Waals surface area contributed by atoms with Crippen molar-refractivity contribution >= 4 is 29.5 Å². The van der Waals surface area contributed by atoms with Crippen LogP contribution in [0.15, 0.2) is 17.2 Å². The molecule has 1 aromatic heterocycles. The number of ether oxygens (including phenoxy) is 1. The quantitative estimate of drug-likeness (QED) is 0.603. The third-order valence-corrected chi connectivity index (χ3v) is 3.07. The number of carbonyl (C=O) groups excluding carboxylic acids is 2. The van der Waals surface area contributed by atoms with Gasteiger partial charge in [-0.2, -0.15) is 0 Å². The maximum absolute atomic E-state index is 11.5. The van der Waals surface area contributed by atoms with Gasteiger partial charge in [-0.15, -0.1) is 11.8 Å². The van der Waals surface area contributed by atoms with Gasteiger partial charge in [-0.3, -0.25) is 4.79 Å². The molecule has 0 aromatic carbocycles. The number of nitrogen functional groups attached to an aromatic ring is 1. The van der Waals surface area contributed by atoms with Crippen LogP contribution < -0.4 is 11.1 Å². The van der Waals surface area contributed by atoms with Crippen molar-refractivity contribution in [3.63, 3.8) is 0 Å². The summed E-state index contributed by atoms with van der Waals surface area (Å²) in [5.41, 5.74) is 5.84. The molecule has 1 amide bonds. The van der Waals surface area contributed by atoms with E-state index in [9.17, 15) is 9.59 Å². The summed E-state index contributed by atoms with van der Waals surface area (Å²) in [5.74, 6) is -0.154. The standard InChI is InChI=1S/C11H15N3O3S/c1-3-13-10(15)6-18-8-5-14-9(12)4-7(8)11(16)17-2/h4-5H,3,6H2,1-2H3,(H2,12,14)(H,13,15). The second kappa shape index (κ2) is 6.85. The summed E-state index contributed by atoms with van der Waals surface area (Å²) in [7, 11) is 1.29. The molecule has 0 aliphatic rings. The van der Waals surface area contributed by atoms with Gasteiger partial charge in [0.1, 0.15) is 5.82 Å². The molecule has 0 aliphatic heterocycles. The summed E-state index contributed by atoms with van der Waals surface area (Å²) in [6.45, 7) is 2.41. The summed E-state index contributed by atoms with van der Waals surface area (Å²) >= 11 is 1.22. The van der Waals surface area contributed by atoms with Gasteiger partial charge in [-0.05, 0) is 13.0 Å². The summed E-state index contributed by atoms with van der Waals surface area (Å²) in [4.78, 5) is 27.3. The number of hydrogen-bond acceptors (Lipinski definition) is 6. The Labute approximate surface area is 109 Å².